The highest BCUT2D eigenvalue weighted by atomic mass is 32.1. The Labute approximate surface area is 156 Å². The number of likely N-dealkylation sites (N-methyl/N-ethyl adjacent to an activating group) is 1. The number of thiazole rings is 1. The number of fused-ring (bicyclic) bond motifs is 1. The molecule has 134 valence electrons. The fourth-order valence-electron chi connectivity index (χ4n) is 2.80. The summed E-state index contributed by atoms with van der Waals surface area (Å²) in [6.45, 7) is 2.37. The lowest BCUT2D eigenvalue weighted by Gasteiger charge is -2.16. The summed E-state index contributed by atoms with van der Waals surface area (Å²) in [5.74, 6) is -0.297. The Balaban J connectivity index is 1.54. The van der Waals surface area contributed by atoms with E-state index in [4.69, 9.17) is 0 Å². The van der Waals surface area contributed by atoms with Gasteiger partial charge in [0.15, 0.2) is 0 Å². The van der Waals surface area contributed by atoms with Crippen LogP contribution in [-0.2, 0) is 22.6 Å². The van der Waals surface area contributed by atoms with Crippen molar-refractivity contribution in [2.45, 2.75) is 19.9 Å². The van der Waals surface area contributed by atoms with Crippen LogP contribution in [0.25, 0.3) is 10.8 Å². The Bertz CT molecular complexity index is 930. The fourth-order valence-corrected chi connectivity index (χ4v) is 3.41. The van der Waals surface area contributed by atoms with Crippen molar-refractivity contribution in [3.63, 3.8) is 0 Å². The van der Waals surface area contributed by atoms with Crippen molar-refractivity contribution in [1.82, 2.24) is 15.2 Å². The van der Waals surface area contributed by atoms with Gasteiger partial charge in [0, 0.05) is 12.4 Å². The molecule has 0 aliphatic carbocycles. The van der Waals surface area contributed by atoms with Crippen molar-refractivity contribution in [3.8, 4) is 0 Å². The van der Waals surface area contributed by atoms with Crippen LogP contribution in [0.3, 0.4) is 0 Å². The summed E-state index contributed by atoms with van der Waals surface area (Å²) in [7, 11) is 1.72. The highest BCUT2D eigenvalue weighted by Gasteiger charge is 2.13. The molecule has 0 saturated heterocycles. The molecule has 0 bridgehead atoms. The first-order valence-corrected chi connectivity index (χ1v) is 9.29. The zero-order valence-electron chi connectivity index (χ0n) is 14.9. The van der Waals surface area contributed by atoms with E-state index < -0.39 is 0 Å². The summed E-state index contributed by atoms with van der Waals surface area (Å²) < 4.78 is 0. The summed E-state index contributed by atoms with van der Waals surface area (Å²) in [4.78, 5) is 30.4. The molecular weight excluding hydrogens is 346 g/mol. The molecule has 3 rings (SSSR count). The number of amides is 2. The number of carbonyl (C=O) groups excluding carboxylic acids is 2. The van der Waals surface area contributed by atoms with E-state index >= 15 is 0 Å². The average molecular weight is 367 g/mol. The van der Waals surface area contributed by atoms with Gasteiger partial charge in [-0.3, -0.25) is 9.59 Å². The Morgan fingerprint density at radius 1 is 1.15 bits per heavy atom. The molecule has 2 amide bonds. The molecule has 0 atom stereocenters. The molecule has 0 fully saturated rings. The van der Waals surface area contributed by atoms with Crippen LogP contribution in [0.15, 0.2) is 47.8 Å². The van der Waals surface area contributed by atoms with Crippen LogP contribution in [0.4, 0.5) is 0 Å². The topological polar surface area (TPSA) is 62.3 Å². The minimum atomic E-state index is -0.160. The van der Waals surface area contributed by atoms with E-state index in [9.17, 15) is 9.59 Å². The number of rotatable bonds is 6. The maximum absolute atomic E-state index is 12.3. The van der Waals surface area contributed by atoms with E-state index in [-0.39, 0.29) is 24.8 Å². The van der Waals surface area contributed by atoms with Crippen LogP contribution in [0, 0.1) is 6.92 Å². The molecule has 0 spiro atoms. The molecular formula is C20H21N3O2S. The summed E-state index contributed by atoms with van der Waals surface area (Å²) in [6, 6.07) is 13.9. The third-order valence-electron chi connectivity index (χ3n) is 4.16. The number of hydrogen-bond acceptors (Lipinski definition) is 4. The first kappa shape index (κ1) is 18.1. The van der Waals surface area contributed by atoms with Crippen molar-refractivity contribution < 1.29 is 9.59 Å². The summed E-state index contributed by atoms with van der Waals surface area (Å²) in [5, 5.41) is 7.80. The lowest BCUT2D eigenvalue weighted by Crippen LogP contribution is -2.38. The molecule has 0 radical (unpaired) electrons. The number of aromatic nitrogens is 1. The second-order valence-electron chi connectivity index (χ2n) is 6.20. The Hall–Kier alpha value is -2.73. The van der Waals surface area contributed by atoms with Gasteiger partial charge in [-0.05, 0) is 23.3 Å². The third kappa shape index (κ3) is 4.46. The Kier molecular flexibility index (Phi) is 5.63. The highest BCUT2D eigenvalue weighted by Crippen LogP contribution is 2.18. The minimum absolute atomic E-state index is 0.0107. The number of hydrogen-bond donors (Lipinski definition) is 1. The van der Waals surface area contributed by atoms with Gasteiger partial charge in [0.2, 0.25) is 11.8 Å². The summed E-state index contributed by atoms with van der Waals surface area (Å²) in [6.07, 6.45) is 0.254. The Morgan fingerprint density at radius 2 is 1.92 bits per heavy atom. The summed E-state index contributed by atoms with van der Waals surface area (Å²) in [5.41, 5.74) is 1.82. The van der Waals surface area contributed by atoms with Gasteiger partial charge in [-0.1, -0.05) is 42.5 Å². The van der Waals surface area contributed by atoms with Crippen molar-refractivity contribution in [2.24, 2.45) is 0 Å². The molecule has 1 aromatic heterocycles. The van der Waals surface area contributed by atoms with Crippen LogP contribution in [-0.4, -0.2) is 35.3 Å². The zero-order chi connectivity index (χ0) is 18.5. The van der Waals surface area contributed by atoms with E-state index in [0.29, 0.717) is 6.54 Å². The van der Waals surface area contributed by atoms with Gasteiger partial charge in [0.05, 0.1) is 30.2 Å². The molecule has 2 aromatic carbocycles. The van der Waals surface area contributed by atoms with E-state index in [0.717, 1.165) is 27.0 Å². The monoisotopic (exact) mass is 367 g/mol. The van der Waals surface area contributed by atoms with Gasteiger partial charge in [-0.25, -0.2) is 4.98 Å². The number of nitrogens with zero attached hydrogens (tertiary/aromatic N) is 2. The van der Waals surface area contributed by atoms with Gasteiger partial charge in [-0.15, -0.1) is 11.3 Å². The maximum Gasteiger partial charge on any atom is 0.242 e. The smallest absolute Gasteiger partial charge is 0.242 e. The van der Waals surface area contributed by atoms with E-state index in [1.54, 1.807) is 23.3 Å². The summed E-state index contributed by atoms with van der Waals surface area (Å²) >= 11 is 1.56. The molecule has 3 aromatic rings. The van der Waals surface area contributed by atoms with Crippen LogP contribution in [0.1, 0.15) is 16.3 Å². The number of carbonyl (C=O) groups is 2. The number of nitrogens with one attached hydrogen (secondary N) is 1. The number of aryl methyl sites for hydroxylation is 1. The minimum Gasteiger partial charge on any atom is -0.347 e. The predicted molar refractivity (Wildman–Crippen MR) is 104 cm³/mol. The van der Waals surface area contributed by atoms with Crippen LogP contribution in [0.2, 0.25) is 0 Å². The fraction of sp³-hybridized carbons (Fsp3) is 0.250. The van der Waals surface area contributed by atoms with Gasteiger partial charge in [0.1, 0.15) is 0 Å². The number of benzene rings is 2. The Morgan fingerprint density at radius 3 is 2.69 bits per heavy atom. The maximum atomic E-state index is 12.3. The lowest BCUT2D eigenvalue weighted by atomic mass is 10.0. The van der Waals surface area contributed by atoms with Gasteiger partial charge in [0.25, 0.3) is 0 Å². The second-order valence-corrected chi connectivity index (χ2v) is 7.26. The standard InChI is InChI=1S/C20H21N3O2S/c1-14-22-17(13-26-14)12-23(2)20(25)11-21-19(24)10-16-8-5-7-15-6-3-4-9-18(15)16/h3-9,13H,10-12H2,1-2H3,(H,21,24). The predicted octanol–water partition coefficient (Wildman–Crippen LogP) is 2.92. The van der Waals surface area contributed by atoms with Crippen molar-refractivity contribution >= 4 is 33.9 Å². The van der Waals surface area contributed by atoms with Crippen LogP contribution >= 0.6 is 11.3 Å². The molecule has 0 unspecified atom stereocenters. The molecule has 0 aliphatic rings. The quantitative estimate of drug-likeness (QED) is 0.729. The average Bonchev–Trinajstić information content (AvgIpc) is 3.04. The molecule has 6 heteroatoms. The second kappa shape index (κ2) is 8.10. The largest absolute Gasteiger partial charge is 0.347 e. The third-order valence-corrected chi connectivity index (χ3v) is 4.98. The van der Waals surface area contributed by atoms with Crippen molar-refractivity contribution in [3.05, 3.63) is 64.1 Å². The lowest BCUT2D eigenvalue weighted by molar-refractivity contribution is -0.132. The molecule has 26 heavy (non-hydrogen) atoms. The van der Waals surface area contributed by atoms with Gasteiger partial charge in [-0.2, -0.15) is 0 Å². The van der Waals surface area contributed by atoms with Gasteiger partial charge >= 0.3 is 0 Å². The zero-order valence-corrected chi connectivity index (χ0v) is 15.7. The van der Waals surface area contributed by atoms with E-state index in [1.807, 2.05) is 54.8 Å². The normalized spacial score (nSPS) is 10.7. The first-order valence-electron chi connectivity index (χ1n) is 8.41. The van der Waals surface area contributed by atoms with E-state index in [1.165, 1.54) is 0 Å². The molecule has 1 N–H and O–H groups in total. The molecule has 5 nitrogen and oxygen atoms in total. The van der Waals surface area contributed by atoms with E-state index in [2.05, 4.69) is 10.3 Å². The SMILES string of the molecule is Cc1nc(CN(C)C(=O)CNC(=O)Cc2cccc3ccccc23)cs1. The van der Waals surface area contributed by atoms with Crippen molar-refractivity contribution in [2.75, 3.05) is 13.6 Å². The van der Waals surface area contributed by atoms with Crippen molar-refractivity contribution in [1.29, 1.82) is 0 Å². The molecule has 0 aliphatic heterocycles. The van der Waals surface area contributed by atoms with Crippen LogP contribution < -0.4 is 5.32 Å². The molecule has 0 saturated carbocycles. The van der Waals surface area contributed by atoms with Gasteiger partial charge < -0.3 is 10.2 Å². The first-order chi connectivity index (χ1) is 12.5. The molecule has 1 heterocycles. The van der Waals surface area contributed by atoms with Crippen LogP contribution in [0.5, 0.6) is 0 Å². The highest BCUT2D eigenvalue weighted by molar-refractivity contribution is 7.09.